The fourth-order valence-electron chi connectivity index (χ4n) is 2.40. The summed E-state index contributed by atoms with van der Waals surface area (Å²) in [6.45, 7) is 7.92. The predicted molar refractivity (Wildman–Crippen MR) is 97.9 cm³/mol. The van der Waals surface area contributed by atoms with Crippen molar-refractivity contribution in [2.45, 2.75) is 20.4 Å². The topological polar surface area (TPSA) is 48.3 Å². The molecule has 120 valence electrons. The van der Waals surface area contributed by atoms with E-state index in [1.807, 2.05) is 30.5 Å². The lowest BCUT2D eigenvalue weighted by Crippen LogP contribution is -2.15. The number of halogens is 1. The van der Waals surface area contributed by atoms with Gasteiger partial charge in [0.25, 0.3) is 0 Å². The van der Waals surface area contributed by atoms with Crippen LogP contribution in [0.1, 0.15) is 32.1 Å². The summed E-state index contributed by atoms with van der Waals surface area (Å²) in [5.74, 6) is -0.691. The molecule has 0 unspecified atom stereocenters. The second-order valence-corrected chi connectivity index (χ2v) is 6.44. The van der Waals surface area contributed by atoms with Crippen molar-refractivity contribution in [1.29, 1.82) is 0 Å². The number of carbonyl (C=O) groups excluding carboxylic acids is 2. The van der Waals surface area contributed by atoms with Crippen LogP contribution in [0.15, 0.2) is 43.0 Å². The van der Waals surface area contributed by atoms with Gasteiger partial charge < -0.3 is 9.30 Å². The molecule has 5 heteroatoms. The van der Waals surface area contributed by atoms with Crippen LogP contribution in [-0.4, -0.2) is 22.9 Å². The Balaban J connectivity index is 2.07. The number of esters is 1. The molecule has 0 radical (unpaired) electrons. The van der Waals surface area contributed by atoms with E-state index in [0.717, 1.165) is 15.0 Å². The molecule has 0 N–H and O–H groups in total. The Morgan fingerprint density at radius 3 is 2.70 bits per heavy atom. The molecule has 4 nitrogen and oxygen atoms in total. The van der Waals surface area contributed by atoms with Crippen LogP contribution in [-0.2, 0) is 11.3 Å². The Hall–Kier alpha value is -1.89. The Morgan fingerprint density at radius 2 is 2.04 bits per heavy atom. The van der Waals surface area contributed by atoms with E-state index in [-0.39, 0.29) is 12.4 Å². The van der Waals surface area contributed by atoms with Crippen molar-refractivity contribution in [1.82, 2.24) is 4.57 Å². The number of carbonyl (C=O) groups is 2. The van der Waals surface area contributed by atoms with E-state index in [1.54, 1.807) is 24.3 Å². The molecule has 2 rings (SSSR count). The lowest BCUT2D eigenvalue weighted by atomic mass is 10.1. The molecule has 0 saturated heterocycles. The molecule has 0 fully saturated rings. The maximum Gasteiger partial charge on any atom is 0.338 e. The lowest BCUT2D eigenvalue weighted by molar-refractivity contribution is 0.0474. The number of ether oxygens (including phenoxy) is 1. The highest BCUT2D eigenvalue weighted by molar-refractivity contribution is 14.1. The van der Waals surface area contributed by atoms with Gasteiger partial charge in [0.1, 0.15) is 0 Å². The van der Waals surface area contributed by atoms with Gasteiger partial charge in [0, 0.05) is 27.1 Å². The van der Waals surface area contributed by atoms with Gasteiger partial charge in [-0.3, -0.25) is 4.79 Å². The van der Waals surface area contributed by atoms with Crippen molar-refractivity contribution in [3.05, 3.63) is 69.1 Å². The Labute approximate surface area is 149 Å². The van der Waals surface area contributed by atoms with Crippen molar-refractivity contribution in [3.63, 3.8) is 0 Å². The minimum absolute atomic E-state index is 0.201. The molecular weight excluding hydrogens is 405 g/mol. The third kappa shape index (κ3) is 4.10. The fraction of sp³-hybridized carbons (Fsp3) is 0.222. The summed E-state index contributed by atoms with van der Waals surface area (Å²) in [4.78, 5) is 24.3. The van der Waals surface area contributed by atoms with Crippen LogP contribution in [0, 0.1) is 17.4 Å². The Bertz CT molecular complexity index is 762. The van der Waals surface area contributed by atoms with E-state index in [4.69, 9.17) is 4.74 Å². The van der Waals surface area contributed by atoms with Gasteiger partial charge in [-0.2, -0.15) is 0 Å². The van der Waals surface area contributed by atoms with Gasteiger partial charge in [0.2, 0.25) is 5.78 Å². The molecule has 0 atom stereocenters. The summed E-state index contributed by atoms with van der Waals surface area (Å²) in [5.41, 5.74) is 2.87. The summed E-state index contributed by atoms with van der Waals surface area (Å²) >= 11 is 2.12. The molecule has 0 saturated carbocycles. The first-order chi connectivity index (χ1) is 10.9. The Morgan fingerprint density at radius 1 is 1.30 bits per heavy atom. The normalized spacial score (nSPS) is 10.4. The first-order valence-corrected chi connectivity index (χ1v) is 8.25. The molecule has 0 spiro atoms. The second-order valence-electron chi connectivity index (χ2n) is 5.19. The molecule has 0 aliphatic carbocycles. The van der Waals surface area contributed by atoms with Crippen LogP contribution >= 0.6 is 22.6 Å². The number of nitrogens with zero attached hydrogens (tertiary/aromatic N) is 1. The van der Waals surface area contributed by atoms with Crippen LogP contribution in [0.25, 0.3) is 0 Å². The van der Waals surface area contributed by atoms with E-state index in [2.05, 4.69) is 29.2 Å². The second kappa shape index (κ2) is 7.59. The molecule has 0 aliphatic heterocycles. The summed E-state index contributed by atoms with van der Waals surface area (Å²) in [5, 5.41) is 0. The smallest absolute Gasteiger partial charge is 0.338 e. The number of hydrogen-bond acceptors (Lipinski definition) is 3. The van der Waals surface area contributed by atoms with Gasteiger partial charge in [0.05, 0.1) is 5.56 Å². The molecule has 1 heterocycles. The van der Waals surface area contributed by atoms with E-state index in [1.165, 1.54) is 0 Å². The Kier molecular flexibility index (Phi) is 5.76. The first kappa shape index (κ1) is 17.5. The van der Waals surface area contributed by atoms with Crippen molar-refractivity contribution < 1.29 is 14.3 Å². The number of benzene rings is 1. The molecule has 2 aromatic rings. The molecule has 1 aromatic heterocycles. The van der Waals surface area contributed by atoms with Crippen LogP contribution in [0.5, 0.6) is 0 Å². The minimum Gasteiger partial charge on any atom is -0.454 e. The quantitative estimate of drug-likeness (QED) is 0.306. The van der Waals surface area contributed by atoms with Crippen molar-refractivity contribution in [2.24, 2.45) is 0 Å². The van der Waals surface area contributed by atoms with Gasteiger partial charge in [-0.05, 0) is 60.7 Å². The zero-order valence-corrected chi connectivity index (χ0v) is 15.3. The average molecular weight is 423 g/mol. The molecule has 0 amide bonds. The molecule has 23 heavy (non-hydrogen) atoms. The maximum absolute atomic E-state index is 12.3. The largest absolute Gasteiger partial charge is 0.454 e. The standard InChI is InChI=1S/C18H18INO3/c1-4-8-20-12(2)9-16(13(20)3)17(21)11-23-18(22)14-6-5-7-15(19)10-14/h4-7,9-10H,1,8,11H2,2-3H3. The fourth-order valence-corrected chi connectivity index (χ4v) is 2.94. The number of allylic oxidation sites excluding steroid dienone is 1. The SMILES string of the molecule is C=CCn1c(C)cc(C(=O)COC(=O)c2cccc(I)c2)c1C. The number of ketones is 1. The number of rotatable bonds is 6. The molecule has 0 aliphatic rings. The summed E-state index contributed by atoms with van der Waals surface area (Å²) in [7, 11) is 0. The first-order valence-electron chi connectivity index (χ1n) is 7.17. The van der Waals surface area contributed by atoms with E-state index in [0.29, 0.717) is 17.7 Å². The van der Waals surface area contributed by atoms with Gasteiger partial charge in [-0.1, -0.05) is 12.1 Å². The zero-order valence-electron chi connectivity index (χ0n) is 13.1. The van der Waals surface area contributed by atoms with Crippen LogP contribution < -0.4 is 0 Å². The van der Waals surface area contributed by atoms with Crippen LogP contribution in [0.3, 0.4) is 0 Å². The number of aromatic nitrogens is 1. The van der Waals surface area contributed by atoms with Crippen molar-refractivity contribution in [2.75, 3.05) is 6.61 Å². The van der Waals surface area contributed by atoms with E-state index >= 15 is 0 Å². The van der Waals surface area contributed by atoms with Gasteiger partial charge >= 0.3 is 5.97 Å². The highest BCUT2D eigenvalue weighted by atomic mass is 127. The van der Waals surface area contributed by atoms with E-state index in [9.17, 15) is 9.59 Å². The van der Waals surface area contributed by atoms with Gasteiger partial charge in [-0.25, -0.2) is 4.79 Å². The van der Waals surface area contributed by atoms with Crippen LogP contribution in [0.4, 0.5) is 0 Å². The highest BCUT2D eigenvalue weighted by Gasteiger charge is 2.17. The maximum atomic E-state index is 12.3. The number of hydrogen-bond donors (Lipinski definition) is 0. The third-order valence-electron chi connectivity index (χ3n) is 3.58. The van der Waals surface area contributed by atoms with Gasteiger partial charge in [0.15, 0.2) is 6.61 Å². The van der Waals surface area contributed by atoms with Crippen molar-refractivity contribution in [3.8, 4) is 0 Å². The van der Waals surface area contributed by atoms with E-state index < -0.39 is 5.97 Å². The van der Waals surface area contributed by atoms with Gasteiger partial charge in [-0.15, -0.1) is 6.58 Å². The summed E-state index contributed by atoms with van der Waals surface area (Å²) in [6, 6.07) is 8.88. The molecular formula is C18H18INO3. The monoisotopic (exact) mass is 423 g/mol. The predicted octanol–water partition coefficient (Wildman–Crippen LogP) is 3.94. The number of Topliss-reactive ketones (excluding diaryl/α,β-unsaturated/α-hetero) is 1. The molecule has 1 aromatic carbocycles. The average Bonchev–Trinajstić information content (AvgIpc) is 2.81. The third-order valence-corrected chi connectivity index (χ3v) is 4.25. The summed E-state index contributed by atoms with van der Waals surface area (Å²) < 4.78 is 8.08. The minimum atomic E-state index is -0.489. The lowest BCUT2D eigenvalue weighted by Gasteiger charge is -2.07. The van der Waals surface area contributed by atoms with Crippen molar-refractivity contribution >= 4 is 34.3 Å². The van der Waals surface area contributed by atoms with Crippen LogP contribution in [0.2, 0.25) is 0 Å². The highest BCUT2D eigenvalue weighted by Crippen LogP contribution is 2.16. The number of aryl methyl sites for hydroxylation is 1. The molecule has 0 bridgehead atoms. The summed E-state index contributed by atoms with van der Waals surface area (Å²) in [6.07, 6.45) is 1.78. The zero-order chi connectivity index (χ0) is 17.0.